The Hall–Kier alpha value is -0.120. The number of methoxy groups -OCH3 is 1. The van der Waals surface area contributed by atoms with Gasteiger partial charge in [0.15, 0.2) is 6.29 Å². The van der Waals surface area contributed by atoms with Crippen molar-refractivity contribution in [2.75, 3.05) is 13.7 Å². The predicted octanol–water partition coefficient (Wildman–Crippen LogP) is 0.130. The fourth-order valence-electron chi connectivity index (χ4n) is 0.899. The largest absolute Gasteiger partial charge is 0.379 e. The quantitative estimate of drug-likeness (QED) is 0.551. The third kappa shape index (κ3) is 1.93. The summed E-state index contributed by atoms with van der Waals surface area (Å²) < 4.78 is 9.92. The minimum atomic E-state index is -0.559. The van der Waals surface area contributed by atoms with Crippen molar-refractivity contribution in [1.82, 2.24) is 0 Å². The van der Waals surface area contributed by atoms with Gasteiger partial charge in [-0.25, -0.2) is 0 Å². The summed E-state index contributed by atoms with van der Waals surface area (Å²) in [5.74, 6) is 0. The maximum atomic E-state index is 8.84. The molecule has 1 N–H and O–H groups in total. The van der Waals surface area contributed by atoms with Gasteiger partial charge >= 0.3 is 0 Å². The Labute approximate surface area is 54.6 Å². The molecule has 1 saturated heterocycles. The van der Waals surface area contributed by atoms with E-state index in [2.05, 4.69) is 0 Å². The van der Waals surface area contributed by atoms with E-state index in [4.69, 9.17) is 14.6 Å². The SMILES string of the molecule is CO[C@@H]1CC[C@@H](O)OC1. The van der Waals surface area contributed by atoms with Crippen LogP contribution in [0.3, 0.4) is 0 Å². The highest BCUT2D eigenvalue weighted by molar-refractivity contribution is 4.62. The zero-order chi connectivity index (χ0) is 6.69. The number of hydrogen-bond acceptors (Lipinski definition) is 3. The molecule has 0 aromatic rings. The van der Waals surface area contributed by atoms with Crippen LogP contribution in [0.15, 0.2) is 0 Å². The summed E-state index contributed by atoms with van der Waals surface area (Å²) in [6.45, 7) is 0.525. The Kier molecular flexibility index (Phi) is 2.45. The van der Waals surface area contributed by atoms with Crippen LogP contribution in [-0.4, -0.2) is 31.2 Å². The van der Waals surface area contributed by atoms with Crippen LogP contribution >= 0.6 is 0 Å². The maximum absolute atomic E-state index is 8.84. The third-order valence-electron chi connectivity index (χ3n) is 1.54. The Bertz CT molecular complexity index is 76.4. The van der Waals surface area contributed by atoms with Crippen LogP contribution in [0, 0.1) is 0 Å². The molecule has 0 amide bonds. The number of hydrogen-bond donors (Lipinski definition) is 1. The minimum absolute atomic E-state index is 0.188. The summed E-state index contributed by atoms with van der Waals surface area (Å²) in [5, 5.41) is 8.84. The molecule has 0 saturated carbocycles. The molecule has 1 aliphatic heterocycles. The van der Waals surface area contributed by atoms with Crippen LogP contribution in [0.5, 0.6) is 0 Å². The van der Waals surface area contributed by atoms with E-state index < -0.39 is 6.29 Å². The highest BCUT2D eigenvalue weighted by Crippen LogP contribution is 2.12. The van der Waals surface area contributed by atoms with Crippen LogP contribution < -0.4 is 0 Å². The first-order chi connectivity index (χ1) is 4.33. The molecule has 0 aromatic carbocycles. The molecule has 2 atom stereocenters. The van der Waals surface area contributed by atoms with Gasteiger partial charge in [0.1, 0.15) is 0 Å². The monoisotopic (exact) mass is 132 g/mol. The van der Waals surface area contributed by atoms with E-state index in [0.717, 1.165) is 6.42 Å². The van der Waals surface area contributed by atoms with Gasteiger partial charge < -0.3 is 14.6 Å². The Balaban J connectivity index is 2.18. The van der Waals surface area contributed by atoms with Crippen molar-refractivity contribution < 1.29 is 14.6 Å². The zero-order valence-corrected chi connectivity index (χ0v) is 5.54. The van der Waals surface area contributed by atoms with Gasteiger partial charge in [-0.15, -0.1) is 0 Å². The number of rotatable bonds is 1. The van der Waals surface area contributed by atoms with Crippen LogP contribution in [0.2, 0.25) is 0 Å². The first kappa shape index (κ1) is 6.99. The van der Waals surface area contributed by atoms with Gasteiger partial charge in [-0.1, -0.05) is 0 Å². The van der Waals surface area contributed by atoms with Gasteiger partial charge in [0.05, 0.1) is 12.7 Å². The van der Waals surface area contributed by atoms with Crippen LogP contribution in [0.25, 0.3) is 0 Å². The second-order valence-corrected chi connectivity index (χ2v) is 2.22. The predicted molar refractivity (Wildman–Crippen MR) is 32.0 cm³/mol. The van der Waals surface area contributed by atoms with Gasteiger partial charge in [-0.05, 0) is 6.42 Å². The number of aliphatic hydroxyl groups is 1. The lowest BCUT2D eigenvalue weighted by molar-refractivity contribution is -0.161. The lowest BCUT2D eigenvalue weighted by Crippen LogP contribution is -2.30. The summed E-state index contributed by atoms with van der Waals surface area (Å²) in [6, 6.07) is 0. The first-order valence-electron chi connectivity index (χ1n) is 3.15. The van der Waals surface area contributed by atoms with Crippen molar-refractivity contribution >= 4 is 0 Å². The molecular formula is C6H12O3. The van der Waals surface area contributed by atoms with Gasteiger partial charge in [0.25, 0.3) is 0 Å². The average Bonchev–Trinajstić information content (AvgIpc) is 1.90. The Morgan fingerprint density at radius 3 is 2.78 bits per heavy atom. The molecule has 3 nitrogen and oxygen atoms in total. The molecule has 1 rings (SSSR count). The van der Waals surface area contributed by atoms with Crippen molar-refractivity contribution in [3.8, 4) is 0 Å². The summed E-state index contributed by atoms with van der Waals surface area (Å²) in [7, 11) is 1.66. The third-order valence-corrected chi connectivity index (χ3v) is 1.54. The molecule has 0 aromatic heterocycles. The molecule has 0 radical (unpaired) electrons. The van der Waals surface area contributed by atoms with Gasteiger partial charge in [0, 0.05) is 13.5 Å². The molecule has 9 heavy (non-hydrogen) atoms. The summed E-state index contributed by atoms with van der Waals surface area (Å²) in [5.41, 5.74) is 0. The van der Waals surface area contributed by atoms with Gasteiger partial charge in [0.2, 0.25) is 0 Å². The van der Waals surface area contributed by atoms with Gasteiger partial charge in [-0.2, -0.15) is 0 Å². The van der Waals surface area contributed by atoms with Crippen molar-refractivity contribution in [3.63, 3.8) is 0 Å². The normalized spacial score (nSPS) is 36.7. The lowest BCUT2D eigenvalue weighted by Gasteiger charge is -2.24. The smallest absolute Gasteiger partial charge is 0.154 e. The number of ether oxygens (including phenoxy) is 2. The lowest BCUT2D eigenvalue weighted by atomic mass is 10.1. The highest BCUT2D eigenvalue weighted by atomic mass is 16.6. The Morgan fingerprint density at radius 1 is 1.56 bits per heavy atom. The van der Waals surface area contributed by atoms with E-state index in [9.17, 15) is 0 Å². The topological polar surface area (TPSA) is 38.7 Å². The van der Waals surface area contributed by atoms with E-state index in [1.807, 2.05) is 0 Å². The average molecular weight is 132 g/mol. The summed E-state index contributed by atoms with van der Waals surface area (Å²) in [6.07, 6.45) is 1.22. The van der Waals surface area contributed by atoms with Gasteiger partial charge in [-0.3, -0.25) is 0 Å². The van der Waals surface area contributed by atoms with E-state index in [0.29, 0.717) is 13.0 Å². The standard InChI is InChI=1S/C6H12O3/c1-8-5-2-3-6(7)9-4-5/h5-7H,2-4H2,1H3/t5-,6+/m1/s1. The van der Waals surface area contributed by atoms with Crippen molar-refractivity contribution in [2.45, 2.75) is 25.2 Å². The molecule has 1 fully saturated rings. The molecule has 0 spiro atoms. The van der Waals surface area contributed by atoms with Crippen LogP contribution in [-0.2, 0) is 9.47 Å². The molecule has 1 heterocycles. The van der Waals surface area contributed by atoms with E-state index in [-0.39, 0.29) is 6.10 Å². The van der Waals surface area contributed by atoms with Crippen LogP contribution in [0.1, 0.15) is 12.8 Å². The maximum Gasteiger partial charge on any atom is 0.154 e. The molecule has 0 aliphatic carbocycles. The Morgan fingerprint density at radius 2 is 2.33 bits per heavy atom. The van der Waals surface area contributed by atoms with Crippen molar-refractivity contribution in [2.24, 2.45) is 0 Å². The van der Waals surface area contributed by atoms with Crippen molar-refractivity contribution in [1.29, 1.82) is 0 Å². The van der Waals surface area contributed by atoms with E-state index in [1.165, 1.54) is 0 Å². The highest BCUT2D eigenvalue weighted by Gasteiger charge is 2.18. The molecular weight excluding hydrogens is 120 g/mol. The molecule has 0 unspecified atom stereocenters. The second-order valence-electron chi connectivity index (χ2n) is 2.22. The van der Waals surface area contributed by atoms with E-state index >= 15 is 0 Å². The molecule has 0 bridgehead atoms. The molecule has 3 heteroatoms. The van der Waals surface area contributed by atoms with Crippen molar-refractivity contribution in [3.05, 3.63) is 0 Å². The molecule has 1 aliphatic rings. The minimum Gasteiger partial charge on any atom is -0.379 e. The number of aliphatic hydroxyl groups excluding tert-OH is 1. The molecule has 54 valence electrons. The first-order valence-corrected chi connectivity index (χ1v) is 3.15. The van der Waals surface area contributed by atoms with Crippen LogP contribution in [0.4, 0.5) is 0 Å². The summed E-state index contributed by atoms with van der Waals surface area (Å²) in [4.78, 5) is 0. The second kappa shape index (κ2) is 3.15. The van der Waals surface area contributed by atoms with E-state index in [1.54, 1.807) is 7.11 Å². The summed E-state index contributed by atoms with van der Waals surface area (Å²) >= 11 is 0. The zero-order valence-electron chi connectivity index (χ0n) is 5.54. The fraction of sp³-hybridized carbons (Fsp3) is 1.00. The fourth-order valence-corrected chi connectivity index (χ4v) is 0.899.